The Morgan fingerprint density at radius 2 is 1.56 bits per heavy atom. The average Bonchev–Trinajstić information content (AvgIpc) is 2.65. The lowest BCUT2D eigenvalue weighted by molar-refractivity contribution is 0.0934. The molecule has 0 fully saturated rings. The van der Waals surface area contributed by atoms with E-state index < -0.39 is 5.91 Å². The number of para-hydroxylation sites is 1. The zero-order valence-electron chi connectivity index (χ0n) is 15.8. The van der Waals surface area contributed by atoms with Crippen LogP contribution in [0.15, 0.2) is 48.5 Å². The van der Waals surface area contributed by atoms with Gasteiger partial charge in [0.1, 0.15) is 5.75 Å². The predicted octanol–water partition coefficient (Wildman–Crippen LogP) is 2.94. The summed E-state index contributed by atoms with van der Waals surface area (Å²) in [6, 6.07) is 14.1. The van der Waals surface area contributed by atoms with E-state index in [2.05, 4.69) is 36.9 Å². The first kappa shape index (κ1) is 20.4. The van der Waals surface area contributed by atoms with Crippen molar-refractivity contribution in [2.45, 2.75) is 26.2 Å². The van der Waals surface area contributed by atoms with Crippen molar-refractivity contribution in [3.63, 3.8) is 0 Å². The number of amides is 2. The normalized spacial score (nSPS) is 10.7. The van der Waals surface area contributed by atoms with Crippen LogP contribution in [-0.2, 0) is 5.41 Å². The second-order valence-electron chi connectivity index (χ2n) is 6.89. The fourth-order valence-corrected chi connectivity index (χ4v) is 2.48. The molecule has 0 spiro atoms. The number of carbonyl (C=O) groups excluding carboxylic acids is 2. The van der Waals surface area contributed by atoms with Crippen molar-refractivity contribution in [1.82, 2.24) is 16.2 Å². The number of hydrogen-bond acceptors (Lipinski definition) is 4. The van der Waals surface area contributed by atoms with Gasteiger partial charge < -0.3 is 4.74 Å². The Balaban J connectivity index is 1.91. The summed E-state index contributed by atoms with van der Waals surface area (Å²) in [5, 5.41) is 2.47. The van der Waals surface area contributed by atoms with Gasteiger partial charge in [-0.15, -0.1) is 0 Å². The van der Waals surface area contributed by atoms with Crippen LogP contribution in [0.3, 0.4) is 0 Å². The summed E-state index contributed by atoms with van der Waals surface area (Å²) in [7, 11) is 1.48. The van der Waals surface area contributed by atoms with E-state index in [1.807, 2.05) is 12.1 Å². The molecule has 0 aliphatic heterocycles. The molecule has 0 aromatic heterocycles. The fraction of sp³-hybridized carbons (Fsp3) is 0.250. The number of hydrazine groups is 1. The maximum Gasteiger partial charge on any atom is 0.269 e. The number of hydrogen-bond donors (Lipinski definition) is 3. The average molecular weight is 385 g/mol. The molecule has 142 valence electrons. The van der Waals surface area contributed by atoms with Gasteiger partial charge in [-0.1, -0.05) is 45.0 Å². The molecule has 0 aliphatic rings. The number of thiocarbonyl (C=S) groups is 1. The standard InChI is InChI=1S/C20H23N3O3S/c1-20(2,3)14-11-9-13(10-12-14)17(24)22-23-19(27)21-18(25)15-7-5-6-8-16(15)26-4/h5-12H,1-4H3,(H,22,24)(H2,21,23,25,27). The van der Waals surface area contributed by atoms with Gasteiger partial charge in [0.2, 0.25) is 0 Å². The van der Waals surface area contributed by atoms with Crippen LogP contribution >= 0.6 is 12.2 Å². The van der Waals surface area contributed by atoms with Crippen LogP contribution in [0.4, 0.5) is 0 Å². The molecule has 0 radical (unpaired) electrons. The molecule has 2 amide bonds. The van der Waals surface area contributed by atoms with Crippen molar-refractivity contribution in [3.8, 4) is 5.75 Å². The predicted molar refractivity (Wildman–Crippen MR) is 109 cm³/mol. The molecule has 6 nitrogen and oxygen atoms in total. The third-order valence-electron chi connectivity index (χ3n) is 3.88. The van der Waals surface area contributed by atoms with Crippen molar-refractivity contribution in [3.05, 3.63) is 65.2 Å². The zero-order valence-corrected chi connectivity index (χ0v) is 16.6. The van der Waals surface area contributed by atoms with Crippen LogP contribution in [0.25, 0.3) is 0 Å². The molecular weight excluding hydrogens is 362 g/mol. The lowest BCUT2D eigenvalue weighted by Crippen LogP contribution is -2.48. The summed E-state index contributed by atoms with van der Waals surface area (Å²) in [6.07, 6.45) is 0. The fourth-order valence-electron chi connectivity index (χ4n) is 2.34. The van der Waals surface area contributed by atoms with Gasteiger partial charge >= 0.3 is 0 Å². The highest BCUT2D eigenvalue weighted by atomic mass is 32.1. The molecule has 0 unspecified atom stereocenters. The third-order valence-corrected chi connectivity index (χ3v) is 4.09. The number of benzene rings is 2. The quantitative estimate of drug-likeness (QED) is 0.559. The zero-order chi connectivity index (χ0) is 20.0. The Morgan fingerprint density at radius 3 is 2.15 bits per heavy atom. The monoisotopic (exact) mass is 385 g/mol. The molecule has 0 atom stereocenters. The molecule has 2 aromatic carbocycles. The lowest BCUT2D eigenvalue weighted by Gasteiger charge is -2.19. The SMILES string of the molecule is COc1ccccc1C(=O)NC(=S)NNC(=O)c1ccc(C(C)(C)C)cc1. The highest BCUT2D eigenvalue weighted by Crippen LogP contribution is 2.22. The van der Waals surface area contributed by atoms with Gasteiger partial charge in [0.25, 0.3) is 11.8 Å². The van der Waals surface area contributed by atoms with E-state index in [9.17, 15) is 9.59 Å². The first-order chi connectivity index (χ1) is 12.7. The minimum atomic E-state index is -0.436. The highest BCUT2D eigenvalue weighted by Gasteiger charge is 2.15. The number of ether oxygens (including phenoxy) is 1. The van der Waals surface area contributed by atoms with Gasteiger partial charge in [-0.25, -0.2) is 0 Å². The third kappa shape index (κ3) is 5.52. The molecule has 3 N–H and O–H groups in total. The maximum atomic E-state index is 12.2. The Kier molecular flexibility index (Phi) is 6.52. The molecule has 7 heteroatoms. The van der Waals surface area contributed by atoms with Crippen LogP contribution in [0.1, 0.15) is 47.1 Å². The van der Waals surface area contributed by atoms with E-state index in [-0.39, 0.29) is 16.4 Å². The summed E-state index contributed by atoms with van der Waals surface area (Å²) < 4.78 is 5.14. The summed E-state index contributed by atoms with van der Waals surface area (Å²) in [5.74, 6) is -0.362. The maximum absolute atomic E-state index is 12.2. The van der Waals surface area contributed by atoms with Crippen molar-refractivity contribution in [2.75, 3.05) is 7.11 Å². The van der Waals surface area contributed by atoms with Crippen LogP contribution in [0.5, 0.6) is 5.75 Å². The van der Waals surface area contributed by atoms with Crippen LogP contribution < -0.4 is 20.9 Å². The Hall–Kier alpha value is -2.93. The lowest BCUT2D eigenvalue weighted by atomic mass is 9.87. The molecule has 27 heavy (non-hydrogen) atoms. The summed E-state index contributed by atoms with van der Waals surface area (Å²) in [6.45, 7) is 6.31. The molecule has 0 bridgehead atoms. The molecule has 0 heterocycles. The van der Waals surface area contributed by atoms with Gasteiger partial charge in [0, 0.05) is 5.56 Å². The number of nitrogens with one attached hydrogen (secondary N) is 3. The highest BCUT2D eigenvalue weighted by molar-refractivity contribution is 7.80. The number of rotatable bonds is 3. The van der Waals surface area contributed by atoms with Crippen molar-refractivity contribution >= 4 is 29.1 Å². The van der Waals surface area contributed by atoms with E-state index in [1.165, 1.54) is 7.11 Å². The molecular formula is C20H23N3O3S. The van der Waals surface area contributed by atoms with Gasteiger partial charge in [-0.3, -0.25) is 25.8 Å². The molecule has 2 rings (SSSR count). The summed E-state index contributed by atoms with van der Waals surface area (Å²) >= 11 is 5.05. The van der Waals surface area contributed by atoms with E-state index in [0.29, 0.717) is 16.9 Å². The Bertz CT molecular complexity index is 842. The summed E-state index contributed by atoms with van der Waals surface area (Å²) in [4.78, 5) is 24.4. The smallest absolute Gasteiger partial charge is 0.269 e. The number of carbonyl (C=O) groups is 2. The van der Waals surface area contributed by atoms with Crippen molar-refractivity contribution < 1.29 is 14.3 Å². The van der Waals surface area contributed by atoms with Gasteiger partial charge in [-0.2, -0.15) is 0 Å². The minimum Gasteiger partial charge on any atom is -0.496 e. The Labute approximate surface area is 164 Å². The van der Waals surface area contributed by atoms with Gasteiger partial charge in [0.15, 0.2) is 5.11 Å². The van der Waals surface area contributed by atoms with E-state index in [1.54, 1.807) is 36.4 Å². The molecule has 2 aromatic rings. The van der Waals surface area contributed by atoms with Gasteiger partial charge in [0.05, 0.1) is 12.7 Å². The molecule has 0 aliphatic carbocycles. The Morgan fingerprint density at radius 1 is 0.926 bits per heavy atom. The number of methoxy groups -OCH3 is 1. The second-order valence-corrected chi connectivity index (χ2v) is 7.30. The van der Waals surface area contributed by atoms with E-state index >= 15 is 0 Å². The first-order valence-corrected chi connectivity index (χ1v) is 8.78. The topological polar surface area (TPSA) is 79.5 Å². The van der Waals surface area contributed by atoms with Crippen molar-refractivity contribution in [2.24, 2.45) is 0 Å². The van der Waals surface area contributed by atoms with E-state index in [0.717, 1.165) is 5.56 Å². The van der Waals surface area contributed by atoms with Crippen LogP contribution in [0.2, 0.25) is 0 Å². The van der Waals surface area contributed by atoms with Gasteiger partial charge in [-0.05, 0) is 47.5 Å². The largest absolute Gasteiger partial charge is 0.496 e. The van der Waals surface area contributed by atoms with Crippen LogP contribution in [-0.4, -0.2) is 24.0 Å². The summed E-state index contributed by atoms with van der Waals surface area (Å²) in [5.41, 5.74) is 6.95. The molecule has 0 saturated carbocycles. The van der Waals surface area contributed by atoms with Crippen molar-refractivity contribution in [1.29, 1.82) is 0 Å². The second kappa shape index (κ2) is 8.64. The minimum absolute atomic E-state index is 0.0115. The molecule has 0 saturated heterocycles. The first-order valence-electron chi connectivity index (χ1n) is 8.37. The van der Waals surface area contributed by atoms with Crippen LogP contribution in [0, 0.1) is 0 Å². The van der Waals surface area contributed by atoms with E-state index in [4.69, 9.17) is 17.0 Å².